The number of pyridine rings is 1. The fourth-order valence-electron chi connectivity index (χ4n) is 1.90. The molecule has 0 fully saturated rings. The number of carbonyl (C=O) groups is 1. The largest absolute Gasteiger partial charge is 0.304 e. The van der Waals surface area contributed by atoms with E-state index in [9.17, 15) is 4.79 Å². The molecule has 0 aliphatic rings. The predicted octanol–water partition coefficient (Wildman–Crippen LogP) is 2.55. The van der Waals surface area contributed by atoms with Gasteiger partial charge < -0.3 is 4.40 Å². The lowest BCUT2D eigenvalue weighted by molar-refractivity contribution is -0.118. The van der Waals surface area contributed by atoms with E-state index in [4.69, 9.17) is 0 Å². The van der Waals surface area contributed by atoms with Crippen LogP contribution in [0.3, 0.4) is 0 Å². The second-order valence-electron chi connectivity index (χ2n) is 3.96. The zero-order valence-corrected chi connectivity index (χ0v) is 9.73. The lowest BCUT2D eigenvalue weighted by atomic mass is 10.1. The van der Waals surface area contributed by atoms with Crippen molar-refractivity contribution >= 4 is 11.4 Å². The van der Waals surface area contributed by atoms with E-state index in [2.05, 4.69) is 9.38 Å². The van der Waals surface area contributed by atoms with Gasteiger partial charge in [0.05, 0.1) is 5.69 Å². The number of aryl methyl sites for hydroxylation is 2. The number of hydrogen-bond donors (Lipinski definition) is 0. The number of ketones is 1. The van der Waals surface area contributed by atoms with E-state index in [1.807, 2.05) is 38.2 Å². The van der Waals surface area contributed by atoms with Crippen molar-refractivity contribution in [1.82, 2.24) is 9.38 Å². The molecule has 3 heteroatoms. The molecule has 0 amide bonds. The van der Waals surface area contributed by atoms with Crippen LogP contribution >= 0.6 is 0 Å². The van der Waals surface area contributed by atoms with Crippen molar-refractivity contribution in [3.63, 3.8) is 0 Å². The van der Waals surface area contributed by atoms with Gasteiger partial charge in [-0.25, -0.2) is 4.98 Å². The Morgan fingerprint density at radius 1 is 1.44 bits per heavy atom. The summed E-state index contributed by atoms with van der Waals surface area (Å²) < 4.78 is 2.07. The molecule has 2 aromatic rings. The molecule has 0 bridgehead atoms. The monoisotopic (exact) mass is 216 g/mol. The summed E-state index contributed by atoms with van der Waals surface area (Å²) in [4.78, 5) is 15.8. The van der Waals surface area contributed by atoms with Crippen LogP contribution in [0.2, 0.25) is 0 Å². The van der Waals surface area contributed by atoms with Gasteiger partial charge in [0.1, 0.15) is 11.4 Å². The Kier molecular flexibility index (Phi) is 3.04. The minimum atomic E-state index is 0.310. The molecule has 0 aromatic carbocycles. The zero-order valence-electron chi connectivity index (χ0n) is 9.73. The third kappa shape index (κ3) is 1.98. The van der Waals surface area contributed by atoms with E-state index in [1.54, 1.807) is 0 Å². The van der Waals surface area contributed by atoms with Gasteiger partial charge in [0.25, 0.3) is 0 Å². The first-order valence-electron chi connectivity index (χ1n) is 5.66. The molecule has 0 unspecified atom stereocenters. The summed E-state index contributed by atoms with van der Waals surface area (Å²) in [6.45, 7) is 3.91. The van der Waals surface area contributed by atoms with Gasteiger partial charge in [0.15, 0.2) is 0 Å². The topological polar surface area (TPSA) is 34.4 Å². The average Bonchev–Trinajstić information content (AvgIpc) is 2.62. The number of fused-ring (bicyclic) bond motifs is 1. The Labute approximate surface area is 95.1 Å². The minimum Gasteiger partial charge on any atom is -0.304 e. The van der Waals surface area contributed by atoms with Crippen LogP contribution in [0.15, 0.2) is 24.4 Å². The summed E-state index contributed by atoms with van der Waals surface area (Å²) in [5.41, 5.74) is 3.13. The van der Waals surface area contributed by atoms with E-state index < -0.39 is 0 Å². The lowest BCUT2D eigenvalue weighted by Gasteiger charge is -2.01. The highest BCUT2D eigenvalue weighted by atomic mass is 16.1. The van der Waals surface area contributed by atoms with Crippen molar-refractivity contribution in [2.75, 3.05) is 0 Å². The van der Waals surface area contributed by atoms with E-state index in [1.165, 1.54) is 0 Å². The third-order valence-electron chi connectivity index (χ3n) is 2.86. The molecule has 3 nitrogen and oxygen atoms in total. The summed E-state index contributed by atoms with van der Waals surface area (Å²) in [5, 5.41) is 0. The van der Waals surface area contributed by atoms with E-state index >= 15 is 0 Å². The molecule has 0 aliphatic carbocycles. The highest BCUT2D eigenvalue weighted by Crippen LogP contribution is 2.13. The second kappa shape index (κ2) is 4.47. The highest BCUT2D eigenvalue weighted by molar-refractivity contribution is 5.78. The molecule has 2 aromatic heterocycles. The number of aromatic nitrogens is 2. The number of imidazole rings is 1. The quantitative estimate of drug-likeness (QED) is 0.787. The Morgan fingerprint density at radius 3 is 3.00 bits per heavy atom. The van der Waals surface area contributed by atoms with Gasteiger partial charge in [0, 0.05) is 24.7 Å². The fraction of sp³-hybridized carbons (Fsp3) is 0.385. The van der Waals surface area contributed by atoms with Gasteiger partial charge in [0.2, 0.25) is 0 Å². The van der Waals surface area contributed by atoms with Crippen LogP contribution in [0, 0.1) is 6.92 Å². The maximum Gasteiger partial charge on any atom is 0.137 e. The molecule has 0 spiro atoms. The summed E-state index contributed by atoms with van der Waals surface area (Å²) in [5.74, 6) is 0.310. The van der Waals surface area contributed by atoms with Crippen molar-refractivity contribution in [1.29, 1.82) is 0 Å². The van der Waals surface area contributed by atoms with Gasteiger partial charge >= 0.3 is 0 Å². The third-order valence-corrected chi connectivity index (χ3v) is 2.86. The molecular weight excluding hydrogens is 200 g/mol. The molecule has 2 rings (SSSR count). The Morgan fingerprint density at radius 2 is 2.25 bits per heavy atom. The number of hydrogen-bond acceptors (Lipinski definition) is 2. The van der Waals surface area contributed by atoms with E-state index in [-0.39, 0.29) is 0 Å². The number of Topliss-reactive ketones (excluding diaryl/α,β-unsaturated/α-hetero) is 1. The van der Waals surface area contributed by atoms with Crippen LogP contribution in [0.4, 0.5) is 0 Å². The molecule has 0 radical (unpaired) electrons. The molecule has 0 saturated heterocycles. The maximum absolute atomic E-state index is 11.3. The average molecular weight is 216 g/mol. The Balaban J connectivity index is 2.29. The van der Waals surface area contributed by atoms with Gasteiger partial charge in [-0.2, -0.15) is 0 Å². The zero-order chi connectivity index (χ0) is 11.5. The van der Waals surface area contributed by atoms with Crippen LogP contribution in [-0.2, 0) is 11.2 Å². The normalized spacial score (nSPS) is 10.9. The first-order chi connectivity index (χ1) is 7.72. The van der Waals surface area contributed by atoms with Crippen molar-refractivity contribution in [2.24, 2.45) is 0 Å². The van der Waals surface area contributed by atoms with Crippen LogP contribution in [0.25, 0.3) is 5.65 Å². The van der Waals surface area contributed by atoms with Crippen LogP contribution in [0.1, 0.15) is 31.2 Å². The second-order valence-corrected chi connectivity index (χ2v) is 3.96. The standard InChI is InChI=1S/C13H16N2O/c1-3-11(16)7-8-12-10(2)14-13-6-4-5-9-15(12)13/h4-6,9H,3,7-8H2,1-2H3. The molecular formula is C13H16N2O. The van der Waals surface area contributed by atoms with Gasteiger partial charge in [-0.15, -0.1) is 0 Å². The Bertz CT molecular complexity index is 514. The summed E-state index contributed by atoms with van der Waals surface area (Å²) in [6, 6.07) is 5.94. The summed E-state index contributed by atoms with van der Waals surface area (Å²) in [6.07, 6.45) is 4.01. The Hall–Kier alpha value is -1.64. The number of carbonyl (C=O) groups excluding carboxylic acids is 1. The molecule has 2 heterocycles. The number of nitrogens with zero attached hydrogens (tertiary/aromatic N) is 2. The first kappa shape index (κ1) is 10.9. The molecule has 84 valence electrons. The molecule has 16 heavy (non-hydrogen) atoms. The van der Waals surface area contributed by atoms with Crippen LogP contribution in [-0.4, -0.2) is 15.2 Å². The first-order valence-corrected chi connectivity index (χ1v) is 5.66. The predicted molar refractivity (Wildman–Crippen MR) is 63.5 cm³/mol. The van der Waals surface area contributed by atoms with Crippen molar-refractivity contribution < 1.29 is 4.79 Å². The van der Waals surface area contributed by atoms with Crippen LogP contribution in [0.5, 0.6) is 0 Å². The molecule has 0 atom stereocenters. The van der Waals surface area contributed by atoms with Crippen LogP contribution < -0.4 is 0 Å². The SMILES string of the molecule is CCC(=O)CCc1c(C)nc2ccccn12. The summed E-state index contributed by atoms with van der Waals surface area (Å²) >= 11 is 0. The summed E-state index contributed by atoms with van der Waals surface area (Å²) in [7, 11) is 0. The maximum atomic E-state index is 11.3. The lowest BCUT2D eigenvalue weighted by Crippen LogP contribution is -2.01. The van der Waals surface area contributed by atoms with Gasteiger partial charge in [-0.05, 0) is 25.5 Å². The highest BCUT2D eigenvalue weighted by Gasteiger charge is 2.09. The molecule has 0 aliphatic heterocycles. The van der Waals surface area contributed by atoms with Gasteiger partial charge in [-0.1, -0.05) is 13.0 Å². The smallest absolute Gasteiger partial charge is 0.137 e. The van der Waals surface area contributed by atoms with Crippen molar-refractivity contribution in [3.05, 3.63) is 35.8 Å². The van der Waals surface area contributed by atoms with Gasteiger partial charge in [-0.3, -0.25) is 4.79 Å². The molecule has 0 N–H and O–H groups in total. The molecule has 0 saturated carbocycles. The van der Waals surface area contributed by atoms with Crippen molar-refractivity contribution in [2.45, 2.75) is 33.1 Å². The number of rotatable bonds is 4. The van der Waals surface area contributed by atoms with E-state index in [0.29, 0.717) is 18.6 Å². The van der Waals surface area contributed by atoms with E-state index in [0.717, 1.165) is 23.5 Å². The fourth-order valence-corrected chi connectivity index (χ4v) is 1.90. The minimum absolute atomic E-state index is 0.310. The van der Waals surface area contributed by atoms with Crippen molar-refractivity contribution in [3.8, 4) is 0 Å².